The third kappa shape index (κ3) is 10.7. The second-order valence-corrected chi connectivity index (χ2v) is 14.4. The number of ketones is 1. The molecule has 2 aromatic heterocycles. The average Bonchev–Trinajstić information content (AvgIpc) is 3.53. The van der Waals surface area contributed by atoms with Crippen LogP contribution < -0.4 is 11.1 Å². The number of hydrogen-bond acceptors (Lipinski definition) is 6. The van der Waals surface area contributed by atoms with Crippen molar-refractivity contribution in [3.63, 3.8) is 0 Å². The molecule has 2 aliphatic rings. The van der Waals surface area contributed by atoms with E-state index in [1.54, 1.807) is 53.1 Å². The van der Waals surface area contributed by atoms with Gasteiger partial charge in [0.25, 0.3) is 11.1 Å². The van der Waals surface area contributed by atoms with Crippen molar-refractivity contribution in [2.24, 2.45) is 0 Å². The molecule has 0 saturated carbocycles. The first-order valence-electron chi connectivity index (χ1n) is 19.3. The van der Waals surface area contributed by atoms with E-state index in [2.05, 4.69) is 61.5 Å². The van der Waals surface area contributed by atoms with Gasteiger partial charge in [0, 0.05) is 67.1 Å². The molecule has 4 aromatic carbocycles. The normalized spacial score (nSPS) is 14.3. The number of rotatable bonds is 1. The van der Waals surface area contributed by atoms with Crippen LogP contribution in [0.15, 0.2) is 94.5 Å². The maximum absolute atomic E-state index is 13.3. The molecular formula is C47H46ClF2N5O3. The third-order valence-electron chi connectivity index (χ3n) is 9.78. The predicted molar refractivity (Wildman–Crippen MR) is 228 cm³/mol. The minimum Gasteiger partial charge on any atom is -0.306 e. The van der Waals surface area contributed by atoms with Crippen molar-refractivity contribution >= 4 is 40.0 Å². The molecule has 58 heavy (non-hydrogen) atoms. The summed E-state index contributed by atoms with van der Waals surface area (Å²) in [6, 6.07) is 23.4. The van der Waals surface area contributed by atoms with Crippen LogP contribution in [-0.4, -0.2) is 49.9 Å². The highest BCUT2D eigenvalue weighted by Crippen LogP contribution is 2.19. The molecular weight excluding hydrogens is 756 g/mol. The zero-order valence-corrected chi connectivity index (χ0v) is 34.0. The Labute approximate surface area is 343 Å². The monoisotopic (exact) mass is 801 g/mol. The third-order valence-corrected chi connectivity index (χ3v) is 9.78. The van der Waals surface area contributed by atoms with Gasteiger partial charge < -0.3 is 4.90 Å². The van der Waals surface area contributed by atoms with Gasteiger partial charge in [0.05, 0.1) is 21.8 Å². The van der Waals surface area contributed by atoms with E-state index in [9.17, 15) is 23.2 Å². The summed E-state index contributed by atoms with van der Waals surface area (Å²) >= 11 is 0. The van der Waals surface area contributed by atoms with Gasteiger partial charge in [0.2, 0.25) is 0 Å². The Kier molecular flexibility index (Phi) is 14.9. The lowest BCUT2D eigenvalue weighted by molar-refractivity contribution is -0.119. The zero-order chi connectivity index (χ0) is 40.5. The number of carbonyl (C=O) groups is 1. The molecule has 0 saturated heterocycles. The van der Waals surface area contributed by atoms with E-state index in [0.29, 0.717) is 82.7 Å². The van der Waals surface area contributed by atoms with E-state index in [1.165, 1.54) is 30.7 Å². The zero-order valence-electron chi connectivity index (χ0n) is 33.1. The van der Waals surface area contributed by atoms with Gasteiger partial charge in [-0.3, -0.25) is 23.5 Å². The van der Waals surface area contributed by atoms with Gasteiger partial charge in [-0.25, -0.2) is 18.7 Å². The van der Waals surface area contributed by atoms with Crippen molar-refractivity contribution < 1.29 is 13.6 Å². The lowest BCUT2D eigenvalue weighted by Gasteiger charge is -2.21. The first-order valence-corrected chi connectivity index (χ1v) is 19.3. The standard InChI is InChI=1S/C23H22FN3O.C21H15FN2O2.C3H8.ClH/c1-26(2)19-9-11-22-25-21-15-17(7-6-16-4-3-5-18(24)14-16)8-10-20(21)23(28)27(22)13-12-19;22-16-3-1-2-14(12-16)4-5-15-6-8-18-19(13-15)23-20-9-7-17(25)10-11-24(20)21(18)26;1-3-2;/h3-5,8,10,14-15,19H,9,11-13H2,1-2H3;1-3,6,8,12-13H,7,9-11H2;3H2,1-2H3;1H. The summed E-state index contributed by atoms with van der Waals surface area (Å²) in [6.07, 6.45) is 5.24. The smallest absolute Gasteiger partial charge is 0.261 e. The maximum atomic E-state index is 13.3. The highest BCUT2D eigenvalue weighted by Gasteiger charge is 2.21. The molecule has 4 heterocycles. The Morgan fingerprint density at radius 2 is 1.09 bits per heavy atom. The number of nitrogens with zero attached hydrogens (tertiary/aromatic N) is 5. The van der Waals surface area contributed by atoms with Crippen molar-refractivity contribution in [3.8, 4) is 23.7 Å². The Bertz CT molecular complexity index is 2700. The van der Waals surface area contributed by atoms with Gasteiger partial charge in [-0.15, -0.1) is 12.4 Å². The minimum atomic E-state index is -0.331. The van der Waals surface area contributed by atoms with E-state index >= 15 is 0 Å². The van der Waals surface area contributed by atoms with Crippen LogP contribution in [0.5, 0.6) is 0 Å². The maximum Gasteiger partial charge on any atom is 0.261 e. The van der Waals surface area contributed by atoms with Crippen LogP contribution >= 0.6 is 12.4 Å². The quantitative estimate of drug-likeness (QED) is 0.157. The predicted octanol–water partition coefficient (Wildman–Crippen LogP) is 7.88. The van der Waals surface area contributed by atoms with E-state index in [4.69, 9.17) is 4.98 Å². The summed E-state index contributed by atoms with van der Waals surface area (Å²) in [7, 11) is 4.16. The molecule has 298 valence electrons. The van der Waals surface area contributed by atoms with Crippen LogP contribution in [0.25, 0.3) is 21.8 Å². The second kappa shape index (κ2) is 20.0. The topological polar surface area (TPSA) is 90.1 Å². The molecule has 8 nitrogen and oxygen atoms in total. The lowest BCUT2D eigenvalue weighted by atomic mass is 10.1. The first kappa shape index (κ1) is 43.2. The molecule has 0 radical (unpaired) electrons. The summed E-state index contributed by atoms with van der Waals surface area (Å²) in [5, 5.41) is 1.13. The fraction of sp³-hybridized carbons (Fsp3) is 0.298. The molecule has 0 bridgehead atoms. The van der Waals surface area contributed by atoms with Crippen LogP contribution in [0, 0.1) is 35.3 Å². The number of Topliss-reactive ketones (excluding diaryl/α,β-unsaturated/α-hetero) is 1. The molecule has 0 amide bonds. The van der Waals surface area contributed by atoms with Crippen molar-refractivity contribution in [2.45, 2.75) is 77.9 Å². The highest BCUT2D eigenvalue weighted by molar-refractivity contribution is 5.85. The number of aromatic nitrogens is 4. The Morgan fingerprint density at radius 1 is 0.621 bits per heavy atom. The van der Waals surface area contributed by atoms with Crippen molar-refractivity contribution in [3.05, 3.63) is 151 Å². The molecule has 6 aromatic rings. The van der Waals surface area contributed by atoms with Crippen LogP contribution in [0.3, 0.4) is 0 Å². The number of carbonyl (C=O) groups excluding carboxylic acids is 1. The number of halogens is 3. The first-order chi connectivity index (χ1) is 27.5. The highest BCUT2D eigenvalue weighted by atomic mass is 35.5. The van der Waals surface area contributed by atoms with Gasteiger partial charge in [0.1, 0.15) is 29.1 Å². The molecule has 0 N–H and O–H groups in total. The number of hydrogen-bond donors (Lipinski definition) is 0. The molecule has 0 spiro atoms. The van der Waals surface area contributed by atoms with E-state index < -0.39 is 0 Å². The Hall–Kier alpha value is -5.94. The molecule has 2 aliphatic heterocycles. The molecule has 1 atom stereocenters. The summed E-state index contributed by atoms with van der Waals surface area (Å²) in [5.41, 5.74) is 3.79. The van der Waals surface area contributed by atoms with Crippen LogP contribution in [-0.2, 0) is 30.7 Å². The van der Waals surface area contributed by atoms with Gasteiger partial charge in [0.15, 0.2) is 0 Å². The second-order valence-electron chi connectivity index (χ2n) is 14.4. The molecule has 0 fully saturated rings. The fourth-order valence-electron chi connectivity index (χ4n) is 6.80. The number of fused-ring (bicyclic) bond motifs is 4. The summed E-state index contributed by atoms with van der Waals surface area (Å²) in [5.74, 6) is 12.9. The van der Waals surface area contributed by atoms with Crippen molar-refractivity contribution in [1.29, 1.82) is 0 Å². The molecule has 1 unspecified atom stereocenters. The number of benzene rings is 4. The minimum absolute atomic E-state index is 0. The SMILES string of the molecule is CCC.CN(C)C1CCc2nc3cc(C#Cc4cccc(F)c4)ccc3c(=O)n2CC1.Cl.O=C1CCc2nc3cc(C#Cc4cccc(F)c4)ccc3c(=O)n2CC1. The van der Waals surface area contributed by atoms with Crippen LogP contribution in [0.4, 0.5) is 8.78 Å². The summed E-state index contributed by atoms with van der Waals surface area (Å²) in [4.78, 5) is 48.9. The van der Waals surface area contributed by atoms with E-state index in [0.717, 1.165) is 30.7 Å². The van der Waals surface area contributed by atoms with Crippen LogP contribution in [0.2, 0.25) is 0 Å². The molecule has 0 aliphatic carbocycles. The van der Waals surface area contributed by atoms with Gasteiger partial charge >= 0.3 is 0 Å². The van der Waals surface area contributed by atoms with E-state index in [-0.39, 0.29) is 40.9 Å². The summed E-state index contributed by atoms with van der Waals surface area (Å²) < 4.78 is 30.0. The van der Waals surface area contributed by atoms with Gasteiger partial charge in [-0.2, -0.15) is 0 Å². The van der Waals surface area contributed by atoms with Crippen molar-refractivity contribution in [2.75, 3.05) is 14.1 Å². The average molecular weight is 802 g/mol. The number of aryl methyl sites for hydroxylation is 2. The lowest BCUT2D eigenvalue weighted by Crippen LogP contribution is -2.29. The molecule has 8 rings (SSSR count). The Morgan fingerprint density at radius 3 is 1.57 bits per heavy atom. The van der Waals surface area contributed by atoms with E-state index in [1.807, 2.05) is 16.7 Å². The van der Waals surface area contributed by atoms with Crippen LogP contribution in [0.1, 0.15) is 79.9 Å². The summed E-state index contributed by atoms with van der Waals surface area (Å²) in [6.45, 7) is 5.33. The van der Waals surface area contributed by atoms with Gasteiger partial charge in [-0.05, 0) is 99.7 Å². The largest absolute Gasteiger partial charge is 0.306 e. The van der Waals surface area contributed by atoms with Gasteiger partial charge in [-0.1, -0.05) is 56.1 Å². The fourth-order valence-corrected chi connectivity index (χ4v) is 6.80. The van der Waals surface area contributed by atoms with Crippen molar-refractivity contribution in [1.82, 2.24) is 24.0 Å². The molecule has 11 heteroatoms. The Balaban J connectivity index is 0.000000204.